The number of benzene rings is 2. The number of nitrogens with zero attached hydrogens (tertiary/aromatic N) is 4. The molecule has 6 rings (SSSR count). The maximum absolute atomic E-state index is 13.3. The number of carbonyl (C=O) groups excluding carboxylic acids is 2. The quantitative estimate of drug-likeness (QED) is 0.271. The van der Waals surface area contributed by atoms with Crippen molar-refractivity contribution in [3.05, 3.63) is 58.7 Å². The summed E-state index contributed by atoms with van der Waals surface area (Å²) in [5, 5.41) is 0. The van der Waals surface area contributed by atoms with E-state index in [0.29, 0.717) is 71.8 Å². The zero-order valence-electron chi connectivity index (χ0n) is 25.7. The van der Waals surface area contributed by atoms with Gasteiger partial charge in [0.25, 0.3) is 11.8 Å². The predicted molar refractivity (Wildman–Crippen MR) is 169 cm³/mol. The molecule has 0 bridgehead atoms. The molecule has 4 aliphatic heterocycles. The van der Waals surface area contributed by atoms with E-state index in [0.717, 1.165) is 25.7 Å². The molecule has 2 fully saturated rings. The van der Waals surface area contributed by atoms with Crippen molar-refractivity contribution < 1.29 is 28.5 Å². The number of methoxy groups -OCH3 is 2. The number of ether oxygens (including phenoxy) is 4. The lowest BCUT2D eigenvalue weighted by Gasteiger charge is -2.20. The molecule has 230 valence electrons. The van der Waals surface area contributed by atoms with E-state index >= 15 is 0 Å². The molecule has 0 aliphatic carbocycles. The second kappa shape index (κ2) is 12.6. The third kappa shape index (κ3) is 5.56. The summed E-state index contributed by atoms with van der Waals surface area (Å²) in [5.74, 6) is 2.00. The van der Waals surface area contributed by atoms with E-state index < -0.39 is 0 Å². The Bertz CT molecular complexity index is 1470. The van der Waals surface area contributed by atoms with Gasteiger partial charge in [0.05, 0.1) is 62.0 Å². The van der Waals surface area contributed by atoms with Crippen LogP contribution >= 0.6 is 0 Å². The normalized spacial score (nSPS) is 22.0. The number of carbonyl (C=O) groups is 2. The molecule has 0 unspecified atom stereocenters. The van der Waals surface area contributed by atoms with Crippen LogP contribution < -0.4 is 18.9 Å². The summed E-state index contributed by atoms with van der Waals surface area (Å²) in [6.07, 6.45) is 10.9. The molecule has 4 aliphatic rings. The van der Waals surface area contributed by atoms with Gasteiger partial charge in [0.2, 0.25) is 0 Å². The number of allylic oxidation sites excluding steroid dienone is 2. The lowest BCUT2D eigenvalue weighted by Crippen LogP contribution is -2.35. The molecule has 2 aromatic rings. The molecule has 10 heteroatoms. The number of amides is 2. The Morgan fingerprint density at radius 2 is 1.14 bits per heavy atom. The molecular weight excluding hydrogens is 560 g/mol. The third-order valence-electron chi connectivity index (χ3n) is 8.68. The lowest BCUT2D eigenvalue weighted by atomic mass is 10.1. The molecule has 2 aromatic carbocycles. The monoisotopic (exact) mass is 598 g/mol. The zero-order valence-corrected chi connectivity index (χ0v) is 25.7. The molecule has 0 spiro atoms. The van der Waals surface area contributed by atoms with E-state index in [1.165, 1.54) is 11.1 Å². The van der Waals surface area contributed by atoms with Crippen molar-refractivity contribution in [1.29, 1.82) is 0 Å². The Kier molecular flexibility index (Phi) is 8.41. The van der Waals surface area contributed by atoms with Gasteiger partial charge in [0.1, 0.15) is 0 Å². The van der Waals surface area contributed by atoms with Crippen LogP contribution in [-0.2, 0) is 0 Å². The van der Waals surface area contributed by atoms with Crippen LogP contribution in [0.4, 0.5) is 11.4 Å². The van der Waals surface area contributed by atoms with Crippen molar-refractivity contribution in [2.75, 3.05) is 40.5 Å². The molecule has 0 radical (unpaired) electrons. The van der Waals surface area contributed by atoms with E-state index in [4.69, 9.17) is 18.9 Å². The smallest absolute Gasteiger partial charge is 0.257 e. The van der Waals surface area contributed by atoms with Crippen LogP contribution in [0.1, 0.15) is 60.2 Å². The van der Waals surface area contributed by atoms with Gasteiger partial charge in [-0.3, -0.25) is 19.6 Å². The summed E-state index contributed by atoms with van der Waals surface area (Å²) in [5.41, 5.74) is 4.68. The van der Waals surface area contributed by atoms with Crippen LogP contribution in [-0.4, -0.2) is 86.6 Å². The molecule has 0 N–H and O–H groups in total. The maximum Gasteiger partial charge on any atom is 0.257 e. The molecule has 0 aromatic heterocycles. The van der Waals surface area contributed by atoms with Gasteiger partial charge < -0.3 is 28.7 Å². The minimum Gasteiger partial charge on any atom is -0.493 e. The molecule has 4 heterocycles. The number of rotatable bonds is 9. The van der Waals surface area contributed by atoms with Crippen LogP contribution in [0.15, 0.2) is 57.5 Å². The van der Waals surface area contributed by atoms with Crippen LogP contribution in [0.5, 0.6) is 23.0 Å². The second-order valence-corrected chi connectivity index (χ2v) is 11.3. The summed E-state index contributed by atoms with van der Waals surface area (Å²) in [7, 11) is 3.14. The van der Waals surface area contributed by atoms with E-state index in [9.17, 15) is 9.59 Å². The van der Waals surface area contributed by atoms with Gasteiger partial charge in [0.15, 0.2) is 23.0 Å². The van der Waals surface area contributed by atoms with Gasteiger partial charge >= 0.3 is 0 Å². The van der Waals surface area contributed by atoms with Gasteiger partial charge in [-0.2, -0.15) is 0 Å². The Morgan fingerprint density at radius 1 is 0.705 bits per heavy atom. The Labute approximate surface area is 257 Å². The molecule has 10 nitrogen and oxygen atoms in total. The minimum absolute atomic E-state index is 0.0363. The Morgan fingerprint density at radius 3 is 1.52 bits per heavy atom. The number of unbranched alkanes of at least 4 members (excludes halogenated alkanes) is 1. The van der Waals surface area contributed by atoms with Crippen LogP contribution in [0.2, 0.25) is 0 Å². The van der Waals surface area contributed by atoms with Gasteiger partial charge in [-0.25, -0.2) is 0 Å². The fraction of sp³-hybridized carbons (Fsp3) is 0.412. The van der Waals surface area contributed by atoms with Gasteiger partial charge in [-0.1, -0.05) is 23.3 Å². The fourth-order valence-corrected chi connectivity index (χ4v) is 6.10. The third-order valence-corrected chi connectivity index (χ3v) is 8.68. The lowest BCUT2D eigenvalue weighted by molar-refractivity contribution is 0.0769. The molecular formula is C34H38N4O6. The van der Waals surface area contributed by atoms with Crippen LogP contribution in [0, 0.1) is 0 Å². The Hall–Kier alpha value is -4.60. The highest BCUT2D eigenvalue weighted by atomic mass is 16.5. The van der Waals surface area contributed by atoms with Crippen molar-refractivity contribution in [1.82, 2.24) is 9.80 Å². The second-order valence-electron chi connectivity index (χ2n) is 11.3. The maximum atomic E-state index is 13.3. The highest BCUT2D eigenvalue weighted by molar-refractivity contribution is 6.04. The highest BCUT2D eigenvalue weighted by Gasteiger charge is 2.36. The molecule has 2 saturated heterocycles. The molecule has 2 amide bonds. The summed E-state index contributed by atoms with van der Waals surface area (Å²) < 4.78 is 23.3. The van der Waals surface area contributed by atoms with E-state index in [2.05, 4.69) is 22.1 Å². The summed E-state index contributed by atoms with van der Waals surface area (Å²) >= 11 is 0. The fourth-order valence-electron chi connectivity index (χ4n) is 6.10. The van der Waals surface area contributed by atoms with Gasteiger partial charge in [-0.15, -0.1) is 0 Å². The number of fused-ring (bicyclic) bond motifs is 4. The molecule has 2 atom stereocenters. The highest BCUT2D eigenvalue weighted by Crippen LogP contribution is 2.40. The van der Waals surface area contributed by atoms with Crippen molar-refractivity contribution in [3.63, 3.8) is 0 Å². The first-order valence-electron chi connectivity index (χ1n) is 15.1. The molecule has 0 saturated carbocycles. The topological polar surface area (TPSA) is 102 Å². The zero-order chi connectivity index (χ0) is 30.8. The van der Waals surface area contributed by atoms with Gasteiger partial charge in [0, 0.05) is 37.7 Å². The van der Waals surface area contributed by atoms with E-state index in [-0.39, 0.29) is 23.9 Å². The first-order chi connectivity index (χ1) is 21.4. The van der Waals surface area contributed by atoms with Gasteiger partial charge in [-0.05, 0) is 51.7 Å². The standard InChI is InChI=1S/C34H38N4O6/c1-5-21-11-23-17-35-27-15-31(29(41-3)13-25(27)33(39)37(23)19-21)43-9-7-8-10-44-32-16-28-26(14-30(32)42-4)34(40)38-20-22(6-2)12-24(38)18-36-28/h5-6,13-18,23-24H,7-12,19-20H2,1-4H3/t23-,24-/m0/s1. The predicted octanol–water partition coefficient (Wildman–Crippen LogP) is 5.70. The molecule has 44 heavy (non-hydrogen) atoms. The van der Waals surface area contributed by atoms with Crippen molar-refractivity contribution in [3.8, 4) is 23.0 Å². The van der Waals surface area contributed by atoms with Crippen LogP contribution in [0.25, 0.3) is 0 Å². The van der Waals surface area contributed by atoms with Crippen molar-refractivity contribution in [2.45, 2.75) is 51.6 Å². The number of hydrogen-bond acceptors (Lipinski definition) is 8. The average molecular weight is 599 g/mol. The minimum atomic E-state index is -0.0483. The largest absolute Gasteiger partial charge is 0.493 e. The van der Waals surface area contributed by atoms with E-state index in [1.807, 2.05) is 36.1 Å². The first kappa shape index (κ1) is 29.5. The number of hydrogen-bond donors (Lipinski definition) is 0. The Balaban J connectivity index is 1.06. The SMILES string of the molecule is CC=C1C[C@H]2C=Nc3cc(OCCCCOc4cc5c(cc4OC)C(=O)N4CC(=CC)C[C@H]4C=N5)c(OC)cc3C(=O)N2C1. The first-order valence-corrected chi connectivity index (χ1v) is 15.1. The number of aliphatic imine (C=N–C) groups is 2. The van der Waals surface area contributed by atoms with E-state index in [1.54, 1.807) is 38.5 Å². The summed E-state index contributed by atoms with van der Waals surface area (Å²) in [6, 6.07) is 6.95. The van der Waals surface area contributed by atoms with Crippen molar-refractivity contribution >= 4 is 35.6 Å². The summed E-state index contributed by atoms with van der Waals surface area (Å²) in [6.45, 7) is 6.10. The average Bonchev–Trinajstić information content (AvgIpc) is 3.61. The van der Waals surface area contributed by atoms with Crippen molar-refractivity contribution in [2.24, 2.45) is 9.98 Å². The summed E-state index contributed by atoms with van der Waals surface area (Å²) in [4.78, 5) is 39.6. The van der Waals surface area contributed by atoms with Crippen LogP contribution in [0.3, 0.4) is 0 Å².